The zero-order valence-corrected chi connectivity index (χ0v) is 39.7. The van der Waals surface area contributed by atoms with Crippen LogP contribution in [0.2, 0.25) is 23.4 Å². The van der Waals surface area contributed by atoms with Gasteiger partial charge in [-0.2, -0.15) is 17.5 Å². The first-order valence-corrected chi connectivity index (χ1v) is 30.6. The predicted molar refractivity (Wildman–Crippen MR) is 236 cm³/mol. The molecule has 0 bridgehead atoms. The molecule has 0 atom stereocenters. The summed E-state index contributed by atoms with van der Waals surface area (Å²) >= 11 is 25.0. The van der Waals surface area contributed by atoms with E-state index >= 15 is 0 Å². The van der Waals surface area contributed by atoms with Crippen molar-refractivity contribution in [2.45, 2.75) is 72.6 Å². The van der Waals surface area contributed by atoms with Gasteiger partial charge in [-0.3, -0.25) is 0 Å². The van der Waals surface area contributed by atoms with E-state index in [1.165, 1.54) is 66.9 Å². The van der Waals surface area contributed by atoms with Gasteiger partial charge in [0.2, 0.25) is 0 Å². The molecule has 0 saturated carbocycles. The van der Waals surface area contributed by atoms with Gasteiger partial charge in [0, 0.05) is 25.4 Å². The average molecular weight is 1040 g/mol. The third-order valence-corrected chi connectivity index (χ3v) is 32.9. The molecule has 0 spiro atoms. The molecule has 4 nitrogen and oxygen atoms in total. The Hall–Kier alpha value is -0.481. The van der Waals surface area contributed by atoms with E-state index in [2.05, 4.69) is 116 Å². The zero-order valence-electron chi connectivity index (χ0n) is 28.1. The first-order chi connectivity index (χ1) is 24.3. The van der Waals surface area contributed by atoms with Crippen LogP contribution in [0.4, 0.5) is 0 Å². The molecular formula is C36H38Br2Cl2N4S5Sn. The van der Waals surface area contributed by atoms with Crippen LogP contribution in [0.1, 0.15) is 59.3 Å². The Kier molecular flexibility index (Phi) is 16.5. The number of thiophene rings is 3. The summed E-state index contributed by atoms with van der Waals surface area (Å²) in [6, 6.07) is 16.8. The van der Waals surface area contributed by atoms with Crippen LogP contribution in [-0.4, -0.2) is 35.9 Å². The predicted octanol–water partition coefficient (Wildman–Crippen LogP) is 15.5. The Morgan fingerprint density at radius 3 is 1.72 bits per heavy atom. The molecule has 14 heteroatoms. The molecule has 50 heavy (non-hydrogen) atoms. The molecule has 0 radical (unpaired) electrons. The van der Waals surface area contributed by atoms with Crippen molar-refractivity contribution in [3.8, 4) is 20.9 Å². The second-order valence-corrected chi connectivity index (χ2v) is 32.4. The zero-order chi connectivity index (χ0) is 35.5. The Labute approximate surface area is 346 Å². The van der Waals surface area contributed by atoms with Gasteiger partial charge < -0.3 is 0 Å². The standard InChI is InChI=1S/C14H7ClN2S3.C6HBr2ClN2S.C4H3S.3C4H9.Sn/c15-9-7-8(10-3-1-5-18-10)13-14(17-20-16-13)12(9)11-4-2-6-19-11;7-2-1-3(9)4(8)6-5(2)10-12-11-6;1-2-4-5-3-1;3*1-3-4-2;/h1-7H;1H;1-3H;3*1,3-4H2,2H3;. The second-order valence-electron chi connectivity index (χ2n) is 11.9. The van der Waals surface area contributed by atoms with E-state index in [9.17, 15) is 0 Å². The van der Waals surface area contributed by atoms with Crippen molar-refractivity contribution in [1.29, 1.82) is 0 Å². The maximum Gasteiger partial charge on any atom is 0.121 e. The molecule has 0 aliphatic carbocycles. The van der Waals surface area contributed by atoms with E-state index in [-0.39, 0.29) is 0 Å². The van der Waals surface area contributed by atoms with Gasteiger partial charge >= 0.3 is 123 Å². The fraction of sp³-hybridized carbons (Fsp3) is 0.333. The van der Waals surface area contributed by atoms with E-state index < -0.39 is 18.4 Å². The Morgan fingerprint density at radius 1 is 0.620 bits per heavy atom. The molecule has 2 aromatic carbocycles. The summed E-state index contributed by atoms with van der Waals surface area (Å²) < 4.78 is 25.5. The number of fused-ring (bicyclic) bond motifs is 2. The summed E-state index contributed by atoms with van der Waals surface area (Å²) in [5, 5.41) is 7.79. The molecule has 0 aliphatic rings. The van der Waals surface area contributed by atoms with Gasteiger partial charge in [0.1, 0.15) is 22.1 Å². The van der Waals surface area contributed by atoms with Crippen molar-refractivity contribution in [1.82, 2.24) is 17.5 Å². The van der Waals surface area contributed by atoms with Crippen LogP contribution >= 0.6 is 113 Å². The molecule has 264 valence electrons. The van der Waals surface area contributed by atoms with Crippen LogP contribution in [0.15, 0.2) is 73.6 Å². The average Bonchev–Trinajstić information content (AvgIpc) is 3.97. The van der Waals surface area contributed by atoms with Crippen LogP contribution in [0.3, 0.4) is 0 Å². The quantitative estimate of drug-likeness (QED) is 0.0904. The van der Waals surface area contributed by atoms with E-state index in [0.29, 0.717) is 5.02 Å². The molecule has 5 heterocycles. The number of halogens is 4. The maximum absolute atomic E-state index is 6.52. The molecule has 7 aromatic rings. The van der Waals surface area contributed by atoms with Crippen molar-refractivity contribution in [2.75, 3.05) is 0 Å². The van der Waals surface area contributed by atoms with Crippen LogP contribution in [0, 0.1) is 0 Å². The molecule has 0 saturated heterocycles. The molecule has 0 aliphatic heterocycles. The van der Waals surface area contributed by atoms with Crippen molar-refractivity contribution in [3.63, 3.8) is 0 Å². The summed E-state index contributed by atoms with van der Waals surface area (Å²) in [6.07, 6.45) is 8.55. The van der Waals surface area contributed by atoms with E-state index in [1.807, 2.05) is 26.5 Å². The summed E-state index contributed by atoms with van der Waals surface area (Å²) in [6.45, 7) is 7.06. The molecule has 7 rings (SSSR count). The minimum absolute atomic E-state index is 0.641. The first kappa shape index (κ1) is 40.7. The SMILES string of the molecule is CCC[CH2][Sn]([CH2]CCC)([CH2]CCC)[c]1cccs1.Clc1cc(-c2cccs2)c2nsnc2c1-c1cccs1.Clc1cc(Br)c2nsnc2c1Br. The van der Waals surface area contributed by atoms with Gasteiger partial charge in [-0.15, -0.1) is 22.7 Å². The van der Waals surface area contributed by atoms with E-state index in [4.69, 9.17) is 23.2 Å². The van der Waals surface area contributed by atoms with Crippen molar-refractivity contribution < 1.29 is 0 Å². The summed E-state index contributed by atoms with van der Waals surface area (Å²) in [7, 11) is 0. The molecule has 0 N–H and O–H groups in total. The number of rotatable bonds is 12. The Bertz CT molecular complexity index is 2030. The minimum Gasteiger partial charge on any atom is -0.172 e. The topological polar surface area (TPSA) is 51.6 Å². The fourth-order valence-electron chi connectivity index (χ4n) is 5.90. The van der Waals surface area contributed by atoms with Gasteiger partial charge in [-0.25, -0.2) is 0 Å². The Balaban J connectivity index is 0.000000150. The molecule has 0 fully saturated rings. The number of unbranched alkanes of at least 4 members (excludes halogenated alkanes) is 3. The van der Waals surface area contributed by atoms with Crippen molar-refractivity contribution in [2.24, 2.45) is 0 Å². The number of aromatic nitrogens is 4. The molecule has 5 aromatic heterocycles. The Morgan fingerprint density at radius 2 is 1.16 bits per heavy atom. The van der Waals surface area contributed by atoms with Crippen molar-refractivity contribution in [3.05, 3.63) is 83.7 Å². The normalized spacial score (nSPS) is 11.4. The molecule has 0 amide bonds. The fourth-order valence-corrected chi connectivity index (χ4v) is 30.2. The monoisotopic (exact) mass is 1030 g/mol. The number of nitrogens with zero attached hydrogens (tertiary/aromatic N) is 4. The van der Waals surface area contributed by atoms with Crippen LogP contribution in [0.25, 0.3) is 42.9 Å². The minimum atomic E-state index is -2.01. The largest absolute Gasteiger partial charge is 0.172 e. The van der Waals surface area contributed by atoms with Gasteiger partial charge in [-0.05, 0) is 66.9 Å². The van der Waals surface area contributed by atoms with Gasteiger partial charge in [0.25, 0.3) is 0 Å². The van der Waals surface area contributed by atoms with E-state index in [1.54, 1.807) is 42.1 Å². The summed E-state index contributed by atoms with van der Waals surface area (Å²) in [4.78, 5) is 2.30. The van der Waals surface area contributed by atoms with Gasteiger partial charge in [0.05, 0.1) is 38.0 Å². The third-order valence-electron chi connectivity index (χ3n) is 8.50. The molecular weight excluding hydrogens is 998 g/mol. The van der Waals surface area contributed by atoms with Crippen LogP contribution in [-0.2, 0) is 0 Å². The number of hydrogen-bond acceptors (Lipinski definition) is 9. The second kappa shape index (κ2) is 20.3. The van der Waals surface area contributed by atoms with Crippen molar-refractivity contribution >= 4 is 156 Å². The number of hydrogen-bond donors (Lipinski definition) is 0. The first-order valence-electron chi connectivity index (χ1n) is 16.7. The smallest absolute Gasteiger partial charge is 0.121 e. The summed E-state index contributed by atoms with van der Waals surface area (Å²) in [5.74, 6) is 0. The number of benzene rings is 2. The molecule has 0 unspecified atom stereocenters. The van der Waals surface area contributed by atoms with Gasteiger partial charge in [0.15, 0.2) is 0 Å². The van der Waals surface area contributed by atoms with Crippen LogP contribution < -0.4 is 2.89 Å². The summed E-state index contributed by atoms with van der Waals surface area (Å²) in [5.41, 5.74) is 5.54. The van der Waals surface area contributed by atoms with Crippen LogP contribution in [0.5, 0.6) is 0 Å². The van der Waals surface area contributed by atoms with Gasteiger partial charge in [-0.1, -0.05) is 35.3 Å². The van der Waals surface area contributed by atoms with E-state index in [0.717, 1.165) is 52.0 Å². The maximum atomic E-state index is 6.52. The third kappa shape index (κ3) is 9.98.